The van der Waals surface area contributed by atoms with Crippen molar-refractivity contribution in [3.05, 3.63) is 35.9 Å². The third-order valence-electron chi connectivity index (χ3n) is 2.84. The first kappa shape index (κ1) is 11.0. The maximum Gasteiger partial charge on any atom is 0.0185 e. The molecule has 2 rings (SSSR count). The van der Waals surface area contributed by atoms with Gasteiger partial charge in [0, 0.05) is 17.5 Å². The molecule has 1 aromatic carbocycles. The number of hydrogen-bond donors (Lipinski definition) is 1. The first-order valence-electron chi connectivity index (χ1n) is 5.80. The van der Waals surface area contributed by atoms with Gasteiger partial charge in [-0.2, -0.15) is 11.8 Å². The Balaban J connectivity index is 1.66. The molecule has 1 heterocycles. The minimum absolute atomic E-state index is 0.757. The Bertz CT molecular complexity index is 267. The van der Waals surface area contributed by atoms with Crippen molar-refractivity contribution < 1.29 is 0 Å². The van der Waals surface area contributed by atoms with Crippen LogP contribution in [0, 0.1) is 0 Å². The quantitative estimate of drug-likeness (QED) is 0.838. The zero-order chi connectivity index (χ0) is 10.3. The summed E-state index contributed by atoms with van der Waals surface area (Å²) in [5.74, 6) is 2.41. The van der Waals surface area contributed by atoms with Crippen molar-refractivity contribution in [2.24, 2.45) is 0 Å². The molecule has 1 aliphatic heterocycles. The van der Waals surface area contributed by atoms with E-state index in [9.17, 15) is 0 Å². The molecular weight excluding hydrogens is 202 g/mol. The number of benzene rings is 1. The predicted octanol–water partition coefficient (Wildman–Crippen LogP) is 3.06. The maximum atomic E-state index is 3.58. The summed E-state index contributed by atoms with van der Waals surface area (Å²) in [6, 6.07) is 11.5. The van der Waals surface area contributed by atoms with Crippen LogP contribution in [0.2, 0.25) is 0 Å². The molecule has 2 heteroatoms. The SMILES string of the molecule is c1ccc(CSC[C@H]2CCCCN2)cc1. The molecule has 0 aliphatic carbocycles. The summed E-state index contributed by atoms with van der Waals surface area (Å²) in [7, 11) is 0. The van der Waals surface area contributed by atoms with Gasteiger partial charge >= 0.3 is 0 Å². The number of rotatable bonds is 4. The van der Waals surface area contributed by atoms with E-state index in [0.717, 1.165) is 11.8 Å². The van der Waals surface area contributed by atoms with Gasteiger partial charge in [-0.25, -0.2) is 0 Å². The van der Waals surface area contributed by atoms with Gasteiger partial charge in [0.15, 0.2) is 0 Å². The highest BCUT2D eigenvalue weighted by Gasteiger charge is 2.11. The topological polar surface area (TPSA) is 12.0 Å². The Labute approximate surface area is 96.7 Å². The van der Waals surface area contributed by atoms with Gasteiger partial charge in [0.2, 0.25) is 0 Å². The van der Waals surface area contributed by atoms with Crippen LogP contribution >= 0.6 is 11.8 Å². The van der Waals surface area contributed by atoms with E-state index >= 15 is 0 Å². The molecular formula is C13H19NS. The third-order valence-corrected chi connectivity index (χ3v) is 4.02. The molecule has 1 saturated heterocycles. The molecule has 0 amide bonds. The average Bonchev–Trinajstić information content (AvgIpc) is 2.32. The molecule has 1 fully saturated rings. The fourth-order valence-corrected chi connectivity index (χ4v) is 3.07. The van der Waals surface area contributed by atoms with Crippen LogP contribution < -0.4 is 5.32 Å². The van der Waals surface area contributed by atoms with Gasteiger partial charge in [-0.3, -0.25) is 0 Å². The standard InChI is InChI=1S/C13H19NS/c1-2-6-12(7-3-1)10-15-11-13-8-4-5-9-14-13/h1-3,6-7,13-14H,4-5,8-11H2/t13-/m1/s1. The fourth-order valence-electron chi connectivity index (χ4n) is 1.96. The molecule has 0 spiro atoms. The molecule has 0 aromatic heterocycles. The van der Waals surface area contributed by atoms with Crippen LogP contribution in [-0.4, -0.2) is 18.3 Å². The predicted molar refractivity (Wildman–Crippen MR) is 68.2 cm³/mol. The normalized spacial score (nSPS) is 21.5. The van der Waals surface area contributed by atoms with Gasteiger partial charge in [-0.05, 0) is 24.9 Å². The lowest BCUT2D eigenvalue weighted by Gasteiger charge is -2.22. The minimum atomic E-state index is 0.757. The summed E-state index contributed by atoms with van der Waals surface area (Å²) in [4.78, 5) is 0. The van der Waals surface area contributed by atoms with E-state index in [1.54, 1.807) is 0 Å². The molecule has 82 valence electrons. The van der Waals surface area contributed by atoms with E-state index in [4.69, 9.17) is 0 Å². The summed E-state index contributed by atoms with van der Waals surface area (Å²) >= 11 is 2.05. The van der Waals surface area contributed by atoms with Gasteiger partial charge in [-0.1, -0.05) is 36.8 Å². The van der Waals surface area contributed by atoms with Crippen molar-refractivity contribution in [1.29, 1.82) is 0 Å². The van der Waals surface area contributed by atoms with Crippen LogP contribution in [0.1, 0.15) is 24.8 Å². The molecule has 0 bridgehead atoms. The number of nitrogens with one attached hydrogen (secondary N) is 1. The van der Waals surface area contributed by atoms with Gasteiger partial charge in [-0.15, -0.1) is 0 Å². The molecule has 1 nitrogen and oxygen atoms in total. The molecule has 0 saturated carbocycles. The number of piperidine rings is 1. The Morgan fingerprint density at radius 1 is 1.20 bits per heavy atom. The number of hydrogen-bond acceptors (Lipinski definition) is 2. The molecule has 0 unspecified atom stereocenters. The second-order valence-electron chi connectivity index (χ2n) is 4.15. The second-order valence-corrected chi connectivity index (χ2v) is 5.18. The van der Waals surface area contributed by atoms with Crippen LogP contribution in [-0.2, 0) is 5.75 Å². The van der Waals surface area contributed by atoms with Crippen molar-refractivity contribution in [2.45, 2.75) is 31.1 Å². The Kier molecular flexibility index (Phi) is 4.55. The maximum absolute atomic E-state index is 3.58. The van der Waals surface area contributed by atoms with Gasteiger partial charge in [0.1, 0.15) is 0 Å². The summed E-state index contributed by atoms with van der Waals surface area (Å²) in [6.45, 7) is 1.22. The van der Waals surface area contributed by atoms with E-state index in [1.807, 2.05) is 0 Å². The summed E-state index contributed by atoms with van der Waals surface area (Å²) in [5.41, 5.74) is 1.44. The minimum Gasteiger partial charge on any atom is -0.313 e. The summed E-state index contributed by atoms with van der Waals surface area (Å²) in [5, 5.41) is 3.58. The first-order valence-corrected chi connectivity index (χ1v) is 6.96. The van der Waals surface area contributed by atoms with Gasteiger partial charge in [0.25, 0.3) is 0 Å². The van der Waals surface area contributed by atoms with E-state index < -0.39 is 0 Å². The van der Waals surface area contributed by atoms with E-state index in [0.29, 0.717) is 0 Å². The fraction of sp³-hybridized carbons (Fsp3) is 0.538. The van der Waals surface area contributed by atoms with Crippen LogP contribution in [0.3, 0.4) is 0 Å². The second kappa shape index (κ2) is 6.19. The van der Waals surface area contributed by atoms with Crippen molar-refractivity contribution >= 4 is 11.8 Å². The molecule has 0 radical (unpaired) electrons. The zero-order valence-electron chi connectivity index (χ0n) is 9.11. The van der Waals surface area contributed by atoms with Crippen LogP contribution in [0.15, 0.2) is 30.3 Å². The van der Waals surface area contributed by atoms with Crippen LogP contribution in [0.25, 0.3) is 0 Å². The number of thioether (sulfide) groups is 1. The summed E-state index contributed by atoms with van der Waals surface area (Å²) in [6.07, 6.45) is 4.13. The highest BCUT2D eigenvalue weighted by Crippen LogP contribution is 2.16. The molecule has 1 atom stereocenters. The Morgan fingerprint density at radius 2 is 2.07 bits per heavy atom. The monoisotopic (exact) mass is 221 g/mol. The highest BCUT2D eigenvalue weighted by atomic mass is 32.2. The molecule has 1 aliphatic rings. The Hall–Kier alpha value is -0.470. The summed E-state index contributed by atoms with van der Waals surface area (Å²) < 4.78 is 0. The van der Waals surface area contributed by atoms with Gasteiger partial charge in [0.05, 0.1) is 0 Å². The lowest BCUT2D eigenvalue weighted by Crippen LogP contribution is -2.35. The average molecular weight is 221 g/mol. The van der Waals surface area contributed by atoms with E-state index in [1.165, 1.54) is 37.1 Å². The van der Waals surface area contributed by atoms with Crippen molar-refractivity contribution in [1.82, 2.24) is 5.32 Å². The van der Waals surface area contributed by atoms with E-state index in [2.05, 4.69) is 47.4 Å². The van der Waals surface area contributed by atoms with E-state index in [-0.39, 0.29) is 0 Å². The zero-order valence-corrected chi connectivity index (χ0v) is 9.93. The van der Waals surface area contributed by atoms with Crippen LogP contribution in [0.4, 0.5) is 0 Å². The van der Waals surface area contributed by atoms with Crippen molar-refractivity contribution in [3.8, 4) is 0 Å². The van der Waals surface area contributed by atoms with Crippen LogP contribution in [0.5, 0.6) is 0 Å². The highest BCUT2D eigenvalue weighted by molar-refractivity contribution is 7.98. The lowest BCUT2D eigenvalue weighted by atomic mass is 10.1. The third kappa shape index (κ3) is 3.88. The smallest absolute Gasteiger partial charge is 0.0185 e. The van der Waals surface area contributed by atoms with Crippen molar-refractivity contribution in [2.75, 3.05) is 12.3 Å². The largest absolute Gasteiger partial charge is 0.313 e. The molecule has 1 N–H and O–H groups in total. The van der Waals surface area contributed by atoms with Crippen molar-refractivity contribution in [3.63, 3.8) is 0 Å². The lowest BCUT2D eigenvalue weighted by molar-refractivity contribution is 0.430. The Morgan fingerprint density at radius 3 is 2.80 bits per heavy atom. The molecule has 15 heavy (non-hydrogen) atoms. The first-order chi connectivity index (χ1) is 7.45. The molecule has 1 aromatic rings. The van der Waals surface area contributed by atoms with Gasteiger partial charge < -0.3 is 5.32 Å².